The van der Waals surface area contributed by atoms with Crippen LogP contribution in [0.4, 0.5) is 22.0 Å². The maximum Gasteiger partial charge on any atom is 0.418 e. The predicted molar refractivity (Wildman–Crippen MR) is 135 cm³/mol. The van der Waals surface area contributed by atoms with Crippen molar-refractivity contribution in [3.8, 4) is 16.9 Å². The molecule has 5 atom stereocenters. The molecule has 0 amide bonds. The van der Waals surface area contributed by atoms with Gasteiger partial charge >= 0.3 is 6.18 Å². The van der Waals surface area contributed by atoms with Gasteiger partial charge in [0.25, 0.3) is 0 Å². The van der Waals surface area contributed by atoms with Crippen LogP contribution in [0.25, 0.3) is 16.9 Å². The van der Waals surface area contributed by atoms with Crippen LogP contribution in [0.5, 0.6) is 0 Å². The van der Waals surface area contributed by atoms with Crippen molar-refractivity contribution < 1.29 is 41.6 Å². The molecule has 0 saturated carbocycles. The van der Waals surface area contributed by atoms with Gasteiger partial charge in [0.2, 0.25) is 0 Å². The van der Waals surface area contributed by atoms with Crippen LogP contribution in [0.2, 0.25) is 5.02 Å². The smallest absolute Gasteiger partial charge is 0.394 e. The molecule has 1 saturated heterocycles. The molecule has 1 aliphatic heterocycles. The molecule has 1 aliphatic rings. The maximum atomic E-state index is 14.1. The van der Waals surface area contributed by atoms with Gasteiger partial charge in [-0.25, -0.2) is 23.1 Å². The first-order chi connectivity index (χ1) is 19.4. The molecule has 0 bridgehead atoms. The fraction of sp³-hybridized carbons (Fsp3) is 0.333. The first-order valence-electron chi connectivity index (χ1n) is 11.8. The Morgan fingerprint density at radius 2 is 1.88 bits per heavy atom. The molecule has 5 rings (SSSR count). The molecule has 1 fully saturated rings. The molecule has 2 aromatic carbocycles. The largest absolute Gasteiger partial charge is 0.418 e. The van der Waals surface area contributed by atoms with Crippen molar-refractivity contribution in [3.63, 3.8) is 0 Å². The molecule has 10 nitrogen and oxygen atoms in total. The van der Waals surface area contributed by atoms with Gasteiger partial charge in [0.05, 0.1) is 28.5 Å². The summed E-state index contributed by atoms with van der Waals surface area (Å²) in [4.78, 5) is 4.11. The Hall–Kier alpha value is -3.02. The molecule has 17 heteroatoms. The average molecular weight is 666 g/mol. The summed E-state index contributed by atoms with van der Waals surface area (Å²) in [5.41, 5.74) is -1.41. The molecule has 0 spiro atoms. The van der Waals surface area contributed by atoms with Crippen LogP contribution >= 0.6 is 27.5 Å². The van der Waals surface area contributed by atoms with Gasteiger partial charge in [-0.1, -0.05) is 16.8 Å². The predicted octanol–water partition coefficient (Wildman–Crippen LogP) is 4.29. The lowest BCUT2D eigenvalue weighted by atomic mass is 9.91. The summed E-state index contributed by atoms with van der Waals surface area (Å²) >= 11 is 8.81. The van der Waals surface area contributed by atoms with Gasteiger partial charge < -0.3 is 19.7 Å². The molecule has 2 aromatic heterocycles. The van der Waals surface area contributed by atoms with E-state index < -0.39 is 66.1 Å². The monoisotopic (exact) mass is 664 g/mol. The van der Waals surface area contributed by atoms with Crippen molar-refractivity contribution in [2.24, 2.45) is 0 Å². The van der Waals surface area contributed by atoms with Gasteiger partial charge in [0.1, 0.15) is 54.1 Å². The second-order valence-electron chi connectivity index (χ2n) is 8.99. The Morgan fingerprint density at radius 1 is 1.17 bits per heavy atom. The molecule has 41 heavy (non-hydrogen) atoms. The van der Waals surface area contributed by atoms with Crippen LogP contribution in [0.1, 0.15) is 23.5 Å². The van der Waals surface area contributed by atoms with Crippen LogP contribution in [0.3, 0.4) is 0 Å². The highest BCUT2D eigenvalue weighted by Gasteiger charge is 2.49. The maximum absolute atomic E-state index is 14.1. The third kappa shape index (κ3) is 5.47. The van der Waals surface area contributed by atoms with Crippen LogP contribution in [-0.2, 0) is 15.7 Å². The van der Waals surface area contributed by atoms with E-state index in [1.54, 1.807) is 0 Å². The highest BCUT2D eigenvalue weighted by molar-refractivity contribution is 9.10. The summed E-state index contributed by atoms with van der Waals surface area (Å²) in [7, 11) is 1.26. The number of methoxy groups -OCH3 is 1. The molecule has 0 radical (unpaired) electrons. The highest BCUT2D eigenvalue weighted by Crippen LogP contribution is 2.41. The minimum atomic E-state index is -4.77. The second kappa shape index (κ2) is 11.3. The number of aromatic nitrogens is 6. The quantitative estimate of drug-likeness (QED) is 0.231. The van der Waals surface area contributed by atoms with Crippen molar-refractivity contribution in [3.05, 3.63) is 75.4 Å². The van der Waals surface area contributed by atoms with Crippen LogP contribution < -0.4 is 0 Å². The number of halogens is 7. The Labute approximate surface area is 241 Å². The average Bonchev–Trinajstić information content (AvgIpc) is 3.61. The van der Waals surface area contributed by atoms with Gasteiger partial charge in [0.15, 0.2) is 5.82 Å². The van der Waals surface area contributed by atoms with Gasteiger partial charge in [-0.15, -0.1) is 5.10 Å². The number of aliphatic hydroxyl groups excluding tert-OH is 2. The lowest BCUT2D eigenvalue weighted by Crippen LogP contribution is -2.53. The number of aliphatic hydroxyl groups is 2. The van der Waals surface area contributed by atoms with Crippen molar-refractivity contribution in [2.45, 2.75) is 36.6 Å². The number of hydrogen-bond donors (Lipinski definition) is 2. The minimum Gasteiger partial charge on any atom is -0.394 e. The van der Waals surface area contributed by atoms with Gasteiger partial charge in [-0.05, 0) is 46.3 Å². The first-order valence-corrected chi connectivity index (χ1v) is 12.9. The molecule has 218 valence electrons. The van der Waals surface area contributed by atoms with Crippen molar-refractivity contribution in [2.75, 3.05) is 13.7 Å². The molecule has 3 heterocycles. The number of nitrogens with zero attached hydrogens (tertiary/aromatic N) is 6. The molecule has 0 aliphatic carbocycles. The van der Waals surface area contributed by atoms with Crippen molar-refractivity contribution in [1.29, 1.82) is 0 Å². The van der Waals surface area contributed by atoms with Crippen LogP contribution in [-0.4, -0.2) is 72.0 Å². The fourth-order valence-electron chi connectivity index (χ4n) is 4.68. The Bertz CT molecular complexity index is 1550. The number of benzene rings is 2. The summed E-state index contributed by atoms with van der Waals surface area (Å²) < 4.78 is 83.0. The van der Waals surface area contributed by atoms with Gasteiger partial charge in [-0.3, -0.25) is 0 Å². The summed E-state index contributed by atoms with van der Waals surface area (Å²) in [5.74, 6) is -1.92. The lowest BCUT2D eigenvalue weighted by molar-refractivity contribution is -0.217. The SMILES string of the molecule is CO[C@@H]1[C@@H](n2cc(-c3cc(F)c(Br)c(F)c3)nn2)[C@@H](O)[C@@H](CO)O[C@H]1c1ncnn1-c1cc(Cl)ccc1C(F)(F)F. The number of ether oxygens (including phenoxy) is 2. The fourth-order valence-corrected chi connectivity index (χ4v) is 5.07. The summed E-state index contributed by atoms with van der Waals surface area (Å²) in [5, 5.41) is 33.0. The van der Waals surface area contributed by atoms with E-state index in [9.17, 15) is 32.2 Å². The minimum absolute atomic E-state index is 0.000187. The van der Waals surface area contributed by atoms with E-state index in [1.165, 1.54) is 13.3 Å². The Kier molecular flexibility index (Phi) is 8.15. The zero-order valence-electron chi connectivity index (χ0n) is 20.7. The summed E-state index contributed by atoms with van der Waals surface area (Å²) in [6.07, 6.45) is -7.71. The zero-order chi connectivity index (χ0) is 29.6. The molecular formula is C24H19BrClF5N6O4. The van der Waals surface area contributed by atoms with E-state index >= 15 is 0 Å². The second-order valence-corrected chi connectivity index (χ2v) is 10.2. The third-order valence-electron chi connectivity index (χ3n) is 6.56. The van der Waals surface area contributed by atoms with E-state index in [-0.39, 0.29) is 26.6 Å². The summed E-state index contributed by atoms with van der Waals surface area (Å²) in [6.45, 7) is -0.700. The first kappa shape index (κ1) is 29.5. The Balaban J connectivity index is 1.58. The normalized spacial score (nSPS) is 23.2. The van der Waals surface area contributed by atoms with Crippen molar-refractivity contribution in [1.82, 2.24) is 29.8 Å². The number of rotatable bonds is 6. The van der Waals surface area contributed by atoms with Gasteiger partial charge in [-0.2, -0.15) is 18.3 Å². The van der Waals surface area contributed by atoms with Crippen molar-refractivity contribution >= 4 is 27.5 Å². The van der Waals surface area contributed by atoms with Gasteiger partial charge in [0, 0.05) is 17.7 Å². The van der Waals surface area contributed by atoms with Crippen LogP contribution in [0, 0.1) is 11.6 Å². The van der Waals surface area contributed by atoms with E-state index in [4.69, 9.17) is 21.1 Å². The third-order valence-corrected chi connectivity index (χ3v) is 7.55. The van der Waals surface area contributed by atoms with E-state index in [2.05, 4.69) is 36.3 Å². The Morgan fingerprint density at radius 3 is 2.51 bits per heavy atom. The highest BCUT2D eigenvalue weighted by atomic mass is 79.9. The molecule has 4 aromatic rings. The standard InChI is InChI=1S/C24H19BrClF5N6O4/c1-40-21-19(36-7-15(34-35-36)10-4-13(27)18(25)14(28)5-10)20(39)17(8-38)41-22(21)23-32-9-33-37(23)16-6-11(26)2-3-12(16)24(29,30)31/h2-7,9,17,19-22,38-39H,8H2,1H3/t17-,19+,20+,21-,22-/m1/s1. The van der Waals surface area contributed by atoms with E-state index in [0.717, 1.165) is 46.0 Å². The number of alkyl halides is 3. The topological polar surface area (TPSA) is 120 Å². The van der Waals surface area contributed by atoms with E-state index in [0.29, 0.717) is 0 Å². The lowest BCUT2D eigenvalue weighted by Gasteiger charge is -2.43. The number of hydrogen-bond acceptors (Lipinski definition) is 8. The molecule has 0 unspecified atom stereocenters. The molecule has 2 N–H and O–H groups in total. The zero-order valence-corrected chi connectivity index (χ0v) is 23.0. The van der Waals surface area contributed by atoms with E-state index in [1.807, 2.05) is 0 Å². The van der Waals surface area contributed by atoms with Crippen LogP contribution in [0.15, 0.2) is 47.3 Å². The summed E-state index contributed by atoms with van der Waals surface area (Å²) in [6, 6.07) is 3.84. The molecular weight excluding hydrogens is 647 g/mol.